The average molecular weight is 276 g/mol. The molecule has 1 aromatic carbocycles. The minimum absolute atomic E-state index is 0.858. The highest BCUT2D eigenvalue weighted by atomic mass is 32.1. The van der Waals surface area contributed by atoms with Crippen LogP contribution in [0.4, 0.5) is 0 Å². The molecule has 2 nitrogen and oxygen atoms in total. The summed E-state index contributed by atoms with van der Waals surface area (Å²) in [6, 6.07) is 6.57. The van der Waals surface area contributed by atoms with Crippen molar-refractivity contribution < 1.29 is 0 Å². The highest BCUT2D eigenvalue weighted by Gasteiger charge is 2.09. The highest BCUT2D eigenvalue weighted by molar-refractivity contribution is 7.80. The number of hydrogen-bond acceptors (Lipinski definition) is 2. The maximum absolute atomic E-state index is 4.78. The van der Waals surface area contributed by atoms with Crippen molar-refractivity contribution in [2.75, 3.05) is 5.75 Å². The molecule has 0 saturated carbocycles. The van der Waals surface area contributed by atoms with Gasteiger partial charge in [0.1, 0.15) is 5.82 Å². The summed E-state index contributed by atoms with van der Waals surface area (Å²) in [4.78, 5) is 4.78. The number of thiol groups is 1. The fraction of sp³-hybridized carbons (Fsp3) is 0.562. The molecule has 1 aromatic heterocycles. The van der Waals surface area contributed by atoms with Crippen LogP contribution < -0.4 is 0 Å². The zero-order valence-electron chi connectivity index (χ0n) is 12.0. The van der Waals surface area contributed by atoms with E-state index >= 15 is 0 Å². The zero-order chi connectivity index (χ0) is 13.7. The van der Waals surface area contributed by atoms with E-state index in [2.05, 4.69) is 49.2 Å². The largest absolute Gasteiger partial charge is 0.328 e. The molecule has 0 aliphatic rings. The molecule has 1 heterocycles. The maximum atomic E-state index is 4.78. The summed E-state index contributed by atoms with van der Waals surface area (Å²) in [5, 5.41) is 0. The predicted molar refractivity (Wildman–Crippen MR) is 86.2 cm³/mol. The maximum Gasteiger partial charge on any atom is 0.110 e. The lowest BCUT2D eigenvalue weighted by atomic mass is 10.2. The number of imidazole rings is 1. The van der Waals surface area contributed by atoms with Crippen LogP contribution in [0.5, 0.6) is 0 Å². The minimum atomic E-state index is 0.858. The van der Waals surface area contributed by atoms with E-state index in [0.29, 0.717) is 0 Å². The van der Waals surface area contributed by atoms with Gasteiger partial charge in [-0.25, -0.2) is 4.98 Å². The van der Waals surface area contributed by atoms with Crippen LogP contribution in [-0.2, 0) is 13.0 Å². The van der Waals surface area contributed by atoms with Crippen molar-refractivity contribution >= 4 is 23.7 Å². The Hall–Kier alpha value is -0.960. The summed E-state index contributed by atoms with van der Waals surface area (Å²) in [5.41, 5.74) is 3.69. The first-order chi connectivity index (χ1) is 9.26. The van der Waals surface area contributed by atoms with Gasteiger partial charge in [0.05, 0.1) is 11.0 Å². The van der Waals surface area contributed by atoms with E-state index in [-0.39, 0.29) is 0 Å². The number of nitrogens with zero attached hydrogens (tertiary/aromatic N) is 2. The van der Waals surface area contributed by atoms with Gasteiger partial charge in [-0.1, -0.05) is 32.3 Å². The van der Waals surface area contributed by atoms with Gasteiger partial charge in [-0.15, -0.1) is 0 Å². The molecule has 2 rings (SSSR count). The Bertz CT molecular complexity index is 531. The van der Waals surface area contributed by atoms with Gasteiger partial charge in [0.25, 0.3) is 0 Å². The summed E-state index contributed by atoms with van der Waals surface area (Å²) < 4.78 is 2.39. The van der Waals surface area contributed by atoms with Crippen molar-refractivity contribution in [3.63, 3.8) is 0 Å². The fourth-order valence-corrected chi connectivity index (χ4v) is 2.73. The molecule has 0 saturated heterocycles. The van der Waals surface area contributed by atoms with Crippen molar-refractivity contribution in [3.8, 4) is 0 Å². The number of rotatable bonds is 7. The molecule has 19 heavy (non-hydrogen) atoms. The molecule has 0 aliphatic carbocycles. The second kappa shape index (κ2) is 6.99. The molecular weight excluding hydrogens is 252 g/mol. The second-order valence-electron chi connectivity index (χ2n) is 5.21. The van der Waals surface area contributed by atoms with Crippen LogP contribution in [0.1, 0.15) is 44.0 Å². The first-order valence-electron chi connectivity index (χ1n) is 7.33. The van der Waals surface area contributed by atoms with Crippen LogP contribution in [0.25, 0.3) is 11.0 Å². The van der Waals surface area contributed by atoms with Crippen LogP contribution in [0.2, 0.25) is 0 Å². The van der Waals surface area contributed by atoms with Crippen molar-refractivity contribution in [3.05, 3.63) is 29.6 Å². The normalized spacial score (nSPS) is 11.3. The Morgan fingerprint density at radius 1 is 1.21 bits per heavy atom. The zero-order valence-corrected chi connectivity index (χ0v) is 12.9. The first-order valence-corrected chi connectivity index (χ1v) is 7.96. The summed E-state index contributed by atoms with van der Waals surface area (Å²) in [7, 11) is 0. The van der Waals surface area contributed by atoms with Gasteiger partial charge in [-0.3, -0.25) is 0 Å². The summed E-state index contributed by atoms with van der Waals surface area (Å²) in [5.74, 6) is 2.05. The minimum Gasteiger partial charge on any atom is -0.328 e. The summed E-state index contributed by atoms with van der Waals surface area (Å²) in [6.07, 6.45) is 6.11. The Morgan fingerprint density at radius 3 is 2.79 bits per heavy atom. The Labute approximate surface area is 121 Å². The van der Waals surface area contributed by atoms with Gasteiger partial charge in [0.2, 0.25) is 0 Å². The Balaban J connectivity index is 2.24. The van der Waals surface area contributed by atoms with E-state index in [0.717, 1.165) is 24.2 Å². The number of aromatic nitrogens is 2. The SMILES string of the molecule is CCCCCCn1c(CCS)nc2cc(C)ccc21. The molecule has 0 amide bonds. The molecule has 104 valence electrons. The van der Waals surface area contributed by atoms with Crippen molar-refractivity contribution in [1.82, 2.24) is 9.55 Å². The van der Waals surface area contributed by atoms with Crippen molar-refractivity contribution in [2.24, 2.45) is 0 Å². The van der Waals surface area contributed by atoms with Gasteiger partial charge in [0.15, 0.2) is 0 Å². The number of hydrogen-bond donors (Lipinski definition) is 1. The van der Waals surface area contributed by atoms with E-state index in [1.54, 1.807) is 0 Å². The molecule has 0 fully saturated rings. The van der Waals surface area contributed by atoms with E-state index in [1.165, 1.54) is 42.6 Å². The third-order valence-corrected chi connectivity index (χ3v) is 3.78. The number of benzene rings is 1. The van der Waals surface area contributed by atoms with E-state index < -0.39 is 0 Å². The first kappa shape index (κ1) is 14.4. The number of aryl methyl sites for hydroxylation is 3. The van der Waals surface area contributed by atoms with Gasteiger partial charge >= 0.3 is 0 Å². The van der Waals surface area contributed by atoms with E-state index in [1.807, 2.05) is 0 Å². The Morgan fingerprint density at radius 2 is 2.05 bits per heavy atom. The predicted octanol–water partition coefficient (Wildman–Crippen LogP) is 4.40. The third kappa shape index (κ3) is 3.53. The second-order valence-corrected chi connectivity index (χ2v) is 5.65. The summed E-state index contributed by atoms with van der Waals surface area (Å²) >= 11 is 4.35. The standard InChI is InChI=1S/C16H24N2S/c1-3-4-5-6-10-18-15-8-7-13(2)12-14(15)17-16(18)9-11-19/h7-8,12,19H,3-6,9-11H2,1-2H3. The lowest BCUT2D eigenvalue weighted by Crippen LogP contribution is -2.05. The van der Waals surface area contributed by atoms with Crippen molar-refractivity contribution in [2.45, 2.75) is 52.5 Å². The van der Waals surface area contributed by atoms with Gasteiger partial charge in [0, 0.05) is 13.0 Å². The smallest absolute Gasteiger partial charge is 0.110 e. The molecule has 0 atom stereocenters. The molecule has 0 radical (unpaired) electrons. The molecule has 3 heteroatoms. The monoisotopic (exact) mass is 276 g/mol. The van der Waals surface area contributed by atoms with E-state index in [4.69, 9.17) is 4.98 Å². The lowest BCUT2D eigenvalue weighted by Gasteiger charge is -2.08. The topological polar surface area (TPSA) is 17.8 Å². The third-order valence-electron chi connectivity index (χ3n) is 3.55. The molecule has 0 spiro atoms. The van der Waals surface area contributed by atoms with Gasteiger partial charge < -0.3 is 4.57 Å². The lowest BCUT2D eigenvalue weighted by molar-refractivity contribution is 0.577. The summed E-state index contributed by atoms with van der Waals surface area (Å²) in [6.45, 7) is 5.46. The van der Waals surface area contributed by atoms with Gasteiger partial charge in [-0.05, 0) is 36.8 Å². The fourth-order valence-electron chi connectivity index (χ4n) is 2.53. The average Bonchev–Trinajstić information content (AvgIpc) is 2.72. The molecule has 0 unspecified atom stereocenters. The Kier molecular flexibility index (Phi) is 5.32. The van der Waals surface area contributed by atoms with Crippen LogP contribution >= 0.6 is 12.6 Å². The molecular formula is C16H24N2S. The highest BCUT2D eigenvalue weighted by Crippen LogP contribution is 2.19. The van der Waals surface area contributed by atoms with Crippen LogP contribution in [-0.4, -0.2) is 15.3 Å². The molecule has 0 bridgehead atoms. The van der Waals surface area contributed by atoms with Gasteiger partial charge in [-0.2, -0.15) is 12.6 Å². The van der Waals surface area contributed by atoms with Crippen molar-refractivity contribution in [1.29, 1.82) is 0 Å². The quantitative estimate of drug-likeness (QED) is 0.586. The van der Waals surface area contributed by atoms with Crippen LogP contribution in [0, 0.1) is 6.92 Å². The number of unbranched alkanes of at least 4 members (excludes halogenated alkanes) is 3. The van der Waals surface area contributed by atoms with E-state index in [9.17, 15) is 0 Å². The molecule has 0 aliphatic heterocycles. The number of fused-ring (bicyclic) bond motifs is 1. The van der Waals surface area contributed by atoms with Crippen LogP contribution in [0.3, 0.4) is 0 Å². The molecule has 0 N–H and O–H groups in total. The molecule has 2 aromatic rings. The van der Waals surface area contributed by atoms with Crippen LogP contribution in [0.15, 0.2) is 18.2 Å².